The first-order valence-corrected chi connectivity index (χ1v) is 8.59. The Kier molecular flexibility index (Phi) is 10.3. The molecule has 7 nitrogen and oxygen atoms in total. The highest BCUT2D eigenvalue weighted by atomic mass is 16.5. The molecule has 2 N–H and O–H groups in total. The van der Waals surface area contributed by atoms with Crippen molar-refractivity contribution in [3.05, 3.63) is 24.3 Å². The van der Waals surface area contributed by atoms with E-state index in [-0.39, 0.29) is 25.0 Å². The maximum absolute atomic E-state index is 11.7. The smallest absolute Gasteiger partial charge is 0.250 e. The lowest BCUT2D eigenvalue weighted by Gasteiger charge is -2.17. The number of nitrogens with one attached hydrogen (secondary N) is 2. The van der Waals surface area contributed by atoms with Crippen LogP contribution in [0.1, 0.15) is 20.3 Å². The summed E-state index contributed by atoms with van der Waals surface area (Å²) >= 11 is 0. The molecule has 7 heteroatoms. The first-order chi connectivity index (χ1) is 12.1. The van der Waals surface area contributed by atoms with Crippen LogP contribution in [0.25, 0.3) is 0 Å². The molecule has 0 unspecified atom stereocenters. The van der Waals surface area contributed by atoms with Crippen LogP contribution in [0.15, 0.2) is 24.3 Å². The quantitative estimate of drug-likeness (QED) is 0.558. The minimum Gasteiger partial charge on any atom is -0.497 e. The monoisotopic (exact) mass is 351 g/mol. The summed E-state index contributed by atoms with van der Waals surface area (Å²) in [7, 11) is 1.58. The Hall–Kier alpha value is -2.12. The van der Waals surface area contributed by atoms with Crippen molar-refractivity contribution < 1.29 is 19.1 Å². The molecule has 1 aromatic rings. The number of methoxy groups -OCH3 is 1. The van der Waals surface area contributed by atoms with Crippen LogP contribution in [0.3, 0.4) is 0 Å². The van der Waals surface area contributed by atoms with Gasteiger partial charge in [0.25, 0.3) is 0 Å². The lowest BCUT2D eigenvalue weighted by molar-refractivity contribution is -0.128. The van der Waals surface area contributed by atoms with Gasteiger partial charge in [0.2, 0.25) is 11.8 Å². The molecule has 1 aromatic carbocycles. The van der Waals surface area contributed by atoms with Gasteiger partial charge in [0.15, 0.2) is 0 Å². The normalized spacial score (nSPS) is 10.6. The van der Waals surface area contributed by atoms with Gasteiger partial charge in [0, 0.05) is 12.2 Å². The number of ether oxygens (including phenoxy) is 2. The summed E-state index contributed by atoms with van der Waals surface area (Å²) in [6, 6.07) is 6.98. The van der Waals surface area contributed by atoms with Crippen LogP contribution in [0.2, 0.25) is 0 Å². The summed E-state index contributed by atoms with van der Waals surface area (Å²) in [5.41, 5.74) is 0.648. The summed E-state index contributed by atoms with van der Waals surface area (Å²) in [5.74, 6) is 0.197. The molecule has 0 saturated heterocycles. The molecule has 0 aliphatic carbocycles. The zero-order chi connectivity index (χ0) is 18.5. The van der Waals surface area contributed by atoms with E-state index in [4.69, 9.17) is 9.47 Å². The predicted molar refractivity (Wildman–Crippen MR) is 97.9 cm³/mol. The van der Waals surface area contributed by atoms with Crippen molar-refractivity contribution in [3.8, 4) is 5.75 Å². The number of benzene rings is 1. The van der Waals surface area contributed by atoms with Gasteiger partial charge in [-0.15, -0.1) is 0 Å². The highest BCUT2D eigenvalue weighted by Gasteiger charge is 2.06. The van der Waals surface area contributed by atoms with Crippen molar-refractivity contribution in [2.24, 2.45) is 0 Å². The van der Waals surface area contributed by atoms with Crippen LogP contribution in [0.4, 0.5) is 5.69 Å². The fourth-order valence-electron chi connectivity index (χ4n) is 2.23. The number of nitrogens with zero attached hydrogens (tertiary/aromatic N) is 1. The third-order valence-electron chi connectivity index (χ3n) is 3.71. The van der Waals surface area contributed by atoms with Crippen molar-refractivity contribution >= 4 is 17.5 Å². The van der Waals surface area contributed by atoms with E-state index >= 15 is 0 Å². The van der Waals surface area contributed by atoms with Gasteiger partial charge in [-0.2, -0.15) is 0 Å². The third kappa shape index (κ3) is 9.07. The summed E-state index contributed by atoms with van der Waals surface area (Å²) in [5, 5.41) is 5.47. The second-order valence-electron chi connectivity index (χ2n) is 5.50. The fourth-order valence-corrected chi connectivity index (χ4v) is 2.23. The molecule has 0 fully saturated rings. The van der Waals surface area contributed by atoms with Gasteiger partial charge < -0.3 is 25.0 Å². The number of anilines is 1. The standard InChI is InChI=1S/C18H29N3O4/c1-4-21(5-2)12-6-11-19-17(22)13-25-14-18(23)20-15-7-9-16(24-3)10-8-15/h7-10H,4-6,11-14H2,1-3H3,(H,19,22)(H,20,23). The van der Waals surface area contributed by atoms with Crippen LogP contribution in [0.5, 0.6) is 5.75 Å². The number of carbonyl (C=O) groups excluding carboxylic acids is 2. The zero-order valence-corrected chi connectivity index (χ0v) is 15.3. The van der Waals surface area contributed by atoms with Crippen LogP contribution in [-0.4, -0.2) is 63.2 Å². The molecule has 0 aromatic heterocycles. The van der Waals surface area contributed by atoms with Gasteiger partial charge in [-0.25, -0.2) is 0 Å². The first kappa shape index (κ1) is 20.9. The van der Waals surface area contributed by atoms with E-state index in [1.807, 2.05) is 0 Å². The second-order valence-corrected chi connectivity index (χ2v) is 5.50. The van der Waals surface area contributed by atoms with Crippen molar-refractivity contribution in [3.63, 3.8) is 0 Å². The minimum atomic E-state index is -0.306. The van der Waals surface area contributed by atoms with E-state index in [1.165, 1.54) is 0 Å². The molecule has 0 spiro atoms. The summed E-state index contributed by atoms with van der Waals surface area (Å²) in [4.78, 5) is 25.7. The number of hydrogen-bond acceptors (Lipinski definition) is 5. The van der Waals surface area contributed by atoms with Gasteiger partial charge >= 0.3 is 0 Å². The molecule has 0 saturated carbocycles. The highest BCUT2D eigenvalue weighted by molar-refractivity contribution is 5.91. The summed E-state index contributed by atoms with van der Waals surface area (Å²) < 4.78 is 10.2. The first-order valence-electron chi connectivity index (χ1n) is 8.59. The maximum Gasteiger partial charge on any atom is 0.250 e. The molecule has 0 aliphatic rings. The van der Waals surface area contributed by atoms with Crippen molar-refractivity contribution in [1.29, 1.82) is 0 Å². The van der Waals surface area contributed by atoms with E-state index in [1.54, 1.807) is 31.4 Å². The molecule has 25 heavy (non-hydrogen) atoms. The largest absolute Gasteiger partial charge is 0.497 e. The Balaban J connectivity index is 2.12. The van der Waals surface area contributed by atoms with Crippen LogP contribution < -0.4 is 15.4 Å². The Labute approximate surface area is 149 Å². The molecule has 0 atom stereocenters. The number of hydrogen-bond donors (Lipinski definition) is 2. The molecule has 0 bridgehead atoms. The summed E-state index contributed by atoms with van der Waals surface area (Å²) in [6.45, 7) is 7.53. The van der Waals surface area contributed by atoms with Crippen LogP contribution in [-0.2, 0) is 14.3 Å². The highest BCUT2D eigenvalue weighted by Crippen LogP contribution is 2.14. The summed E-state index contributed by atoms with van der Waals surface area (Å²) in [6.07, 6.45) is 0.894. The van der Waals surface area contributed by atoms with E-state index in [0.717, 1.165) is 26.1 Å². The Morgan fingerprint density at radius 2 is 1.68 bits per heavy atom. The third-order valence-corrected chi connectivity index (χ3v) is 3.71. The van der Waals surface area contributed by atoms with E-state index in [2.05, 4.69) is 29.4 Å². The molecule has 0 radical (unpaired) electrons. The van der Waals surface area contributed by atoms with Gasteiger partial charge in [-0.05, 0) is 50.3 Å². The lowest BCUT2D eigenvalue weighted by atomic mass is 10.3. The van der Waals surface area contributed by atoms with Crippen molar-refractivity contribution in [2.45, 2.75) is 20.3 Å². The molecular weight excluding hydrogens is 322 g/mol. The molecule has 0 heterocycles. The van der Waals surface area contributed by atoms with Gasteiger partial charge in [0.1, 0.15) is 19.0 Å². The molecule has 1 rings (SSSR count). The topological polar surface area (TPSA) is 79.9 Å². The lowest BCUT2D eigenvalue weighted by Crippen LogP contribution is -2.32. The minimum absolute atomic E-state index is 0.124. The average molecular weight is 351 g/mol. The van der Waals surface area contributed by atoms with Crippen molar-refractivity contribution in [2.75, 3.05) is 51.8 Å². The zero-order valence-electron chi connectivity index (χ0n) is 15.3. The van der Waals surface area contributed by atoms with E-state index in [9.17, 15) is 9.59 Å². The van der Waals surface area contributed by atoms with Gasteiger partial charge in [-0.3, -0.25) is 9.59 Å². The molecule has 0 aliphatic heterocycles. The average Bonchev–Trinajstić information content (AvgIpc) is 2.62. The number of carbonyl (C=O) groups is 2. The number of amides is 2. The van der Waals surface area contributed by atoms with Crippen LogP contribution >= 0.6 is 0 Å². The van der Waals surface area contributed by atoms with Gasteiger partial charge in [-0.1, -0.05) is 13.8 Å². The van der Waals surface area contributed by atoms with Crippen LogP contribution in [0, 0.1) is 0 Å². The Morgan fingerprint density at radius 3 is 2.28 bits per heavy atom. The predicted octanol–water partition coefficient (Wildman–Crippen LogP) is 1.50. The van der Waals surface area contributed by atoms with E-state index in [0.29, 0.717) is 18.0 Å². The Morgan fingerprint density at radius 1 is 1.04 bits per heavy atom. The fraction of sp³-hybridized carbons (Fsp3) is 0.556. The second kappa shape index (κ2) is 12.3. The number of rotatable bonds is 12. The Bertz CT molecular complexity index is 516. The molecular formula is C18H29N3O4. The van der Waals surface area contributed by atoms with Crippen molar-refractivity contribution in [1.82, 2.24) is 10.2 Å². The SMILES string of the molecule is CCN(CC)CCCNC(=O)COCC(=O)Nc1ccc(OC)cc1. The van der Waals surface area contributed by atoms with Gasteiger partial charge in [0.05, 0.1) is 7.11 Å². The maximum atomic E-state index is 11.7. The molecule has 140 valence electrons. The van der Waals surface area contributed by atoms with E-state index < -0.39 is 0 Å². The molecule has 2 amide bonds.